The molecule has 3 aromatic heterocycles. The number of para-hydroxylation sites is 3. The zero-order valence-corrected chi connectivity index (χ0v) is 30.4. The third kappa shape index (κ3) is 4.03. The van der Waals surface area contributed by atoms with Crippen molar-refractivity contribution in [1.82, 2.24) is 24.1 Å². The molecule has 0 atom stereocenters. The average molecular weight is 710 g/mol. The Morgan fingerprint density at radius 3 is 2.11 bits per heavy atom. The van der Waals surface area contributed by atoms with Gasteiger partial charge in [-0.25, -0.2) is 4.98 Å². The Morgan fingerprint density at radius 2 is 1.20 bits per heavy atom. The van der Waals surface area contributed by atoms with Crippen molar-refractivity contribution < 1.29 is 0 Å². The molecule has 7 aromatic carbocycles. The second-order valence-corrected chi connectivity index (χ2v) is 16.0. The van der Waals surface area contributed by atoms with Gasteiger partial charge in [0.2, 0.25) is 5.95 Å². The Morgan fingerprint density at radius 1 is 0.519 bits per heavy atom. The van der Waals surface area contributed by atoms with E-state index in [1.807, 2.05) is 11.8 Å². The fraction of sp³-hybridized carbons (Fsp3) is 0.0625. The molecule has 2 aliphatic rings. The first-order chi connectivity index (χ1) is 26.5. The smallest absolute Gasteiger partial charge is 0.239 e. The zero-order chi connectivity index (χ0) is 35.7. The second-order valence-electron chi connectivity index (χ2n) is 14.9. The minimum Gasteiger partial charge on any atom is -0.293 e. The van der Waals surface area contributed by atoms with E-state index in [0.717, 1.165) is 33.4 Å². The van der Waals surface area contributed by atoms with Gasteiger partial charge < -0.3 is 0 Å². The van der Waals surface area contributed by atoms with Gasteiger partial charge in [0.05, 0.1) is 16.7 Å². The highest BCUT2D eigenvalue weighted by Gasteiger charge is 2.36. The molecule has 54 heavy (non-hydrogen) atoms. The molecule has 0 N–H and O–H groups in total. The van der Waals surface area contributed by atoms with Crippen LogP contribution in [0.5, 0.6) is 0 Å². The van der Waals surface area contributed by atoms with E-state index in [2.05, 4.69) is 175 Å². The van der Waals surface area contributed by atoms with Gasteiger partial charge in [-0.1, -0.05) is 141 Å². The van der Waals surface area contributed by atoms with E-state index in [-0.39, 0.29) is 5.41 Å². The van der Waals surface area contributed by atoms with E-state index in [1.54, 1.807) is 0 Å². The van der Waals surface area contributed by atoms with Crippen LogP contribution in [-0.2, 0) is 5.41 Å². The lowest BCUT2D eigenvalue weighted by Crippen LogP contribution is -2.15. The third-order valence-corrected chi connectivity index (χ3v) is 12.7. The Kier molecular flexibility index (Phi) is 5.99. The molecule has 0 fully saturated rings. The maximum atomic E-state index is 5.42. The lowest BCUT2D eigenvalue weighted by Gasteiger charge is -2.22. The van der Waals surface area contributed by atoms with Crippen LogP contribution in [-0.4, -0.2) is 24.1 Å². The van der Waals surface area contributed by atoms with E-state index >= 15 is 0 Å². The Labute approximate surface area is 315 Å². The Balaban J connectivity index is 1.18. The van der Waals surface area contributed by atoms with Gasteiger partial charge in [-0.15, -0.1) is 0 Å². The van der Waals surface area contributed by atoms with Crippen LogP contribution in [0.2, 0.25) is 0 Å². The normalized spacial score (nSPS) is 13.8. The number of hydrogen-bond acceptors (Lipinski definition) is 4. The standard InChI is InChI=1S/C48H31N5S/c1-48(2)36-17-7-5-14-32(36)33-25-24-31(27-37(33)48)45-49-44(30-23-22-28-12-3-4-13-29(28)26-30)50-47(51-45)53-38-18-8-6-15-34(38)42-35-16-11-21-41-43(35)52(46(42)53)39-19-9-10-20-40(39)54-41/h3-27H,1-2H3. The molecule has 5 nitrogen and oxygen atoms in total. The SMILES string of the molecule is CC1(C)c2ccccc2-c2ccc(-c3nc(-c4ccc5ccccc5c4)nc(-n4c5ccccc5c5c6cccc7c6n(c54)-c4ccccc4S7)n3)cc21. The minimum atomic E-state index is -0.153. The molecule has 10 aromatic rings. The Bertz CT molecular complexity index is 3240. The quantitative estimate of drug-likeness (QED) is 0.183. The molecule has 0 amide bonds. The molecule has 12 rings (SSSR count). The van der Waals surface area contributed by atoms with Crippen LogP contribution in [0.15, 0.2) is 161 Å². The number of fused-ring (bicyclic) bond motifs is 11. The summed E-state index contributed by atoms with van der Waals surface area (Å²) >= 11 is 1.83. The number of benzene rings is 7. The molecular weight excluding hydrogens is 679 g/mol. The molecule has 0 radical (unpaired) electrons. The molecule has 4 heterocycles. The summed E-state index contributed by atoms with van der Waals surface area (Å²) in [5, 5.41) is 5.92. The van der Waals surface area contributed by atoms with Gasteiger partial charge in [-0.3, -0.25) is 9.13 Å². The van der Waals surface area contributed by atoms with Crippen molar-refractivity contribution in [3.8, 4) is 45.5 Å². The predicted octanol–water partition coefficient (Wildman–Crippen LogP) is 12.2. The molecule has 0 saturated carbocycles. The molecule has 0 bridgehead atoms. The van der Waals surface area contributed by atoms with E-state index in [4.69, 9.17) is 15.0 Å². The van der Waals surface area contributed by atoms with Crippen molar-refractivity contribution in [1.29, 1.82) is 0 Å². The molecule has 1 aliphatic carbocycles. The topological polar surface area (TPSA) is 48.5 Å². The highest BCUT2D eigenvalue weighted by molar-refractivity contribution is 7.99. The van der Waals surface area contributed by atoms with Crippen LogP contribution in [0, 0.1) is 0 Å². The van der Waals surface area contributed by atoms with Crippen molar-refractivity contribution in [3.05, 3.63) is 163 Å². The van der Waals surface area contributed by atoms with Gasteiger partial charge in [0, 0.05) is 42.5 Å². The summed E-state index contributed by atoms with van der Waals surface area (Å²) in [5.74, 6) is 1.88. The zero-order valence-electron chi connectivity index (χ0n) is 29.6. The lowest BCUT2D eigenvalue weighted by molar-refractivity contribution is 0.660. The molecule has 1 aliphatic heterocycles. The molecule has 0 unspecified atom stereocenters. The molecule has 254 valence electrons. The maximum Gasteiger partial charge on any atom is 0.239 e. The summed E-state index contributed by atoms with van der Waals surface area (Å²) in [6.07, 6.45) is 0. The first-order valence-electron chi connectivity index (χ1n) is 18.4. The number of aromatic nitrogens is 5. The van der Waals surface area contributed by atoms with Gasteiger partial charge >= 0.3 is 0 Å². The van der Waals surface area contributed by atoms with Crippen molar-refractivity contribution >= 4 is 55.4 Å². The predicted molar refractivity (Wildman–Crippen MR) is 221 cm³/mol. The lowest BCUT2D eigenvalue weighted by atomic mass is 9.82. The average Bonchev–Trinajstić information content (AvgIpc) is 3.82. The van der Waals surface area contributed by atoms with Crippen molar-refractivity contribution in [2.75, 3.05) is 0 Å². The van der Waals surface area contributed by atoms with Gasteiger partial charge in [-0.2, -0.15) is 9.97 Å². The fourth-order valence-electron chi connectivity index (χ4n) is 9.03. The molecular formula is C48H31N5S. The highest BCUT2D eigenvalue weighted by Crippen LogP contribution is 2.51. The van der Waals surface area contributed by atoms with E-state index in [0.29, 0.717) is 17.6 Å². The van der Waals surface area contributed by atoms with E-state index in [9.17, 15) is 0 Å². The summed E-state index contributed by atoms with van der Waals surface area (Å²) in [6.45, 7) is 4.63. The summed E-state index contributed by atoms with van der Waals surface area (Å²) in [7, 11) is 0. The summed E-state index contributed by atoms with van der Waals surface area (Å²) < 4.78 is 4.70. The Hall–Kier alpha value is -6.50. The van der Waals surface area contributed by atoms with E-state index in [1.165, 1.54) is 59.1 Å². The number of nitrogens with zero attached hydrogens (tertiary/aromatic N) is 5. The van der Waals surface area contributed by atoms with Gasteiger partial charge in [0.15, 0.2) is 11.6 Å². The van der Waals surface area contributed by atoms with Crippen LogP contribution >= 0.6 is 11.8 Å². The molecule has 6 heteroatoms. The van der Waals surface area contributed by atoms with Crippen LogP contribution < -0.4 is 0 Å². The van der Waals surface area contributed by atoms with Crippen LogP contribution in [0.1, 0.15) is 25.0 Å². The van der Waals surface area contributed by atoms with Gasteiger partial charge in [0.1, 0.15) is 5.65 Å². The number of rotatable bonds is 3. The van der Waals surface area contributed by atoms with Crippen LogP contribution in [0.25, 0.3) is 89.2 Å². The monoisotopic (exact) mass is 709 g/mol. The maximum absolute atomic E-state index is 5.42. The summed E-state index contributed by atoms with van der Waals surface area (Å²) in [4.78, 5) is 18.5. The second kappa shape index (κ2) is 10.8. The molecule has 0 saturated heterocycles. The minimum absolute atomic E-state index is 0.153. The summed E-state index contributed by atoms with van der Waals surface area (Å²) in [6, 6.07) is 54.5. The first kappa shape index (κ1) is 30.0. The fourth-order valence-corrected chi connectivity index (χ4v) is 10.1. The van der Waals surface area contributed by atoms with Crippen molar-refractivity contribution in [2.45, 2.75) is 29.1 Å². The van der Waals surface area contributed by atoms with Gasteiger partial charge in [-0.05, 0) is 69.4 Å². The summed E-state index contributed by atoms with van der Waals surface area (Å²) in [5.41, 5.74) is 11.5. The third-order valence-electron chi connectivity index (χ3n) is 11.6. The number of hydrogen-bond donors (Lipinski definition) is 0. The highest BCUT2D eigenvalue weighted by atomic mass is 32.2. The van der Waals surface area contributed by atoms with Crippen molar-refractivity contribution in [3.63, 3.8) is 0 Å². The van der Waals surface area contributed by atoms with Crippen LogP contribution in [0.4, 0.5) is 0 Å². The first-order valence-corrected chi connectivity index (χ1v) is 19.2. The van der Waals surface area contributed by atoms with Crippen LogP contribution in [0.3, 0.4) is 0 Å². The largest absolute Gasteiger partial charge is 0.293 e. The van der Waals surface area contributed by atoms with Gasteiger partial charge in [0.25, 0.3) is 0 Å². The molecule has 0 spiro atoms. The van der Waals surface area contributed by atoms with E-state index < -0.39 is 0 Å². The van der Waals surface area contributed by atoms with Crippen molar-refractivity contribution in [2.24, 2.45) is 0 Å².